The van der Waals surface area contributed by atoms with E-state index in [-0.39, 0.29) is 0 Å². The van der Waals surface area contributed by atoms with Crippen LogP contribution in [0.2, 0.25) is 0 Å². The Morgan fingerprint density at radius 3 is 2.38 bits per heavy atom. The molecule has 1 aliphatic rings. The van der Waals surface area contributed by atoms with E-state index < -0.39 is 11.7 Å². The van der Waals surface area contributed by atoms with E-state index in [1.165, 1.54) is 31.4 Å². The molecule has 2 rings (SSSR count). The van der Waals surface area contributed by atoms with Gasteiger partial charge in [0.1, 0.15) is 0 Å². The van der Waals surface area contributed by atoms with E-state index in [0.29, 0.717) is 11.8 Å². The van der Waals surface area contributed by atoms with Crippen molar-refractivity contribution in [3.05, 3.63) is 35.4 Å². The number of alkyl halides is 3. The van der Waals surface area contributed by atoms with Gasteiger partial charge >= 0.3 is 6.18 Å². The summed E-state index contributed by atoms with van der Waals surface area (Å²) in [5.41, 5.74) is 0.467. The third-order valence-corrected chi connectivity index (χ3v) is 4.43. The van der Waals surface area contributed by atoms with Gasteiger partial charge in [0.15, 0.2) is 0 Å². The summed E-state index contributed by atoms with van der Waals surface area (Å²) in [7, 11) is 0. The predicted molar refractivity (Wildman–Crippen MR) is 79.1 cm³/mol. The van der Waals surface area contributed by atoms with Gasteiger partial charge in [0.2, 0.25) is 0 Å². The summed E-state index contributed by atoms with van der Waals surface area (Å²) in [5, 5.41) is 3.47. The first-order valence-electron chi connectivity index (χ1n) is 7.87. The van der Waals surface area contributed by atoms with Crippen molar-refractivity contribution in [3.63, 3.8) is 0 Å². The smallest absolute Gasteiger partial charge is 0.316 e. The van der Waals surface area contributed by atoms with Gasteiger partial charge in [-0.15, -0.1) is 0 Å². The molecule has 0 heterocycles. The Morgan fingerprint density at radius 1 is 1.10 bits per heavy atom. The zero-order valence-electron chi connectivity index (χ0n) is 12.5. The maximum atomic E-state index is 12.6. The Labute approximate surface area is 124 Å². The number of rotatable bonds is 6. The standard InChI is InChI=1S/C17H24F3N/c1-2-10-21-12-15-5-3-4-14(15)11-13-6-8-16(9-7-13)17(18,19)20/h6-9,14-15,21H,2-5,10-12H2,1H3. The molecule has 1 aliphatic carbocycles. The Hall–Kier alpha value is -1.03. The van der Waals surface area contributed by atoms with Crippen molar-refractivity contribution in [1.29, 1.82) is 0 Å². The molecule has 0 amide bonds. The van der Waals surface area contributed by atoms with Crippen LogP contribution in [0.15, 0.2) is 24.3 Å². The molecule has 1 saturated carbocycles. The summed E-state index contributed by atoms with van der Waals surface area (Å²) in [6.45, 7) is 4.24. The molecule has 0 aromatic heterocycles. The molecule has 0 saturated heterocycles. The van der Waals surface area contributed by atoms with E-state index in [1.54, 1.807) is 12.1 Å². The third-order valence-electron chi connectivity index (χ3n) is 4.43. The molecule has 0 spiro atoms. The van der Waals surface area contributed by atoms with Gasteiger partial charge in [-0.05, 0) is 68.3 Å². The first-order chi connectivity index (χ1) is 10.0. The zero-order valence-corrected chi connectivity index (χ0v) is 12.5. The average Bonchev–Trinajstić information content (AvgIpc) is 2.86. The molecule has 1 aromatic carbocycles. The fraction of sp³-hybridized carbons (Fsp3) is 0.647. The molecular formula is C17H24F3N. The summed E-state index contributed by atoms with van der Waals surface area (Å²) < 4.78 is 37.7. The lowest BCUT2D eigenvalue weighted by Gasteiger charge is -2.20. The third kappa shape index (κ3) is 4.73. The largest absolute Gasteiger partial charge is 0.416 e. The Balaban J connectivity index is 1.91. The monoisotopic (exact) mass is 299 g/mol. The van der Waals surface area contributed by atoms with Crippen molar-refractivity contribution in [1.82, 2.24) is 5.32 Å². The van der Waals surface area contributed by atoms with Gasteiger partial charge in [0, 0.05) is 0 Å². The zero-order chi connectivity index (χ0) is 15.3. The van der Waals surface area contributed by atoms with Gasteiger partial charge in [-0.1, -0.05) is 25.5 Å². The Bertz CT molecular complexity index is 425. The lowest BCUT2D eigenvalue weighted by atomic mass is 9.89. The fourth-order valence-corrected chi connectivity index (χ4v) is 3.25. The highest BCUT2D eigenvalue weighted by molar-refractivity contribution is 5.25. The van der Waals surface area contributed by atoms with E-state index in [1.807, 2.05) is 0 Å². The summed E-state index contributed by atoms with van der Waals surface area (Å²) >= 11 is 0. The summed E-state index contributed by atoms with van der Waals surface area (Å²) in [5.74, 6) is 1.27. The molecule has 118 valence electrons. The highest BCUT2D eigenvalue weighted by Crippen LogP contribution is 2.35. The van der Waals surface area contributed by atoms with Crippen LogP contribution in [0, 0.1) is 11.8 Å². The second-order valence-corrected chi connectivity index (χ2v) is 6.05. The van der Waals surface area contributed by atoms with Crippen LogP contribution in [-0.2, 0) is 12.6 Å². The molecule has 1 fully saturated rings. The molecule has 4 heteroatoms. The molecule has 0 radical (unpaired) electrons. The van der Waals surface area contributed by atoms with Crippen molar-refractivity contribution < 1.29 is 13.2 Å². The molecule has 1 aromatic rings. The van der Waals surface area contributed by atoms with Crippen molar-refractivity contribution in [2.45, 2.75) is 45.2 Å². The molecule has 2 atom stereocenters. The van der Waals surface area contributed by atoms with E-state index in [0.717, 1.165) is 31.5 Å². The van der Waals surface area contributed by atoms with Crippen LogP contribution < -0.4 is 5.32 Å². The van der Waals surface area contributed by atoms with Gasteiger partial charge in [-0.25, -0.2) is 0 Å². The quantitative estimate of drug-likeness (QED) is 0.753. The van der Waals surface area contributed by atoms with E-state index in [9.17, 15) is 13.2 Å². The number of nitrogens with one attached hydrogen (secondary N) is 1. The maximum Gasteiger partial charge on any atom is 0.416 e. The molecular weight excluding hydrogens is 275 g/mol. The molecule has 1 N–H and O–H groups in total. The van der Waals surface area contributed by atoms with Crippen LogP contribution in [0.25, 0.3) is 0 Å². The minimum Gasteiger partial charge on any atom is -0.316 e. The molecule has 2 unspecified atom stereocenters. The number of hydrogen-bond donors (Lipinski definition) is 1. The second kappa shape index (κ2) is 7.30. The van der Waals surface area contributed by atoms with Crippen LogP contribution in [0.3, 0.4) is 0 Å². The number of benzene rings is 1. The topological polar surface area (TPSA) is 12.0 Å². The van der Waals surface area contributed by atoms with Gasteiger partial charge in [0.25, 0.3) is 0 Å². The van der Waals surface area contributed by atoms with Gasteiger partial charge < -0.3 is 5.32 Å². The molecule has 21 heavy (non-hydrogen) atoms. The molecule has 0 aliphatic heterocycles. The lowest BCUT2D eigenvalue weighted by Crippen LogP contribution is -2.26. The highest BCUT2D eigenvalue weighted by Gasteiger charge is 2.30. The first kappa shape index (κ1) is 16.3. The number of hydrogen-bond acceptors (Lipinski definition) is 1. The van der Waals surface area contributed by atoms with Crippen molar-refractivity contribution in [3.8, 4) is 0 Å². The maximum absolute atomic E-state index is 12.6. The van der Waals surface area contributed by atoms with Crippen molar-refractivity contribution in [2.24, 2.45) is 11.8 Å². The van der Waals surface area contributed by atoms with Gasteiger partial charge in [0.05, 0.1) is 5.56 Å². The van der Waals surface area contributed by atoms with E-state index >= 15 is 0 Å². The highest BCUT2D eigenvalue weighted by atomic mass is 19.4. The Morgan fingerprint density at radius 2 is 1.76 bits per heavy atom. The van der Waals surface area contributed by atoms with Crippen LogP contribution in [0.4, 0.5) is 13.2 Å². The normalized spacial score (nSPS) is 22.7. The minimum absolute atomic E-state index is 0.557. The summed E-state index contributed by atoms with van der Waals surface area (Å²) in [6.07, 6.45) is 1.47. The van der Waals surface area contributed by atoms with Crippen molar-refractivity contribution in [2.75, 3.05) is 13.1 Å². The fourth-order valence-electron chi connectivity index (χ4n) is 3.25. The van der Waals surface area contributed by atoms with E-state index in [4.69, 9.17) is 0 Å². The lowest BCUT2D eigenvalue weighted by molar-refractivity contribution is -0.137. The van der Waals surface area contributed by atoms with E-state index in [2.05, 4.69) is 12.2 Å². The van der Waals surface area contributed by atoms with Crippen LogP contribution in [0.5, 0.6) is 0 Å². The predicted octanol–water partition coefficient (Wildman–Crippen LogP) is 4.66. The second-order valence-electron chi connectivity index (χ2n) is 6.05. The van der Waals surface area contributed by atoms with Gasteiger partial charge in [-0.2, -0.15) is 13.2 Å². The minimum atomic E-state index is -4.24. The Kier molecular flexibility index (Phi) is 5.68. The summed E-state index contributed by atoms with van der Waals surface area (Å²) in [4.78, 5) is 0. The molecule has 1 nitrogen and oxygen atoms in total. The average molecular weight is 299 g/mol. The van der Waals surface area contributed by atoms with Crippen molar-refractivity contribution >= 4 is 0 Å². The molecule has 0 bridgehead atoms. The van der Waals surface area contributed by atoms with Crippen LogP contribution in [-0.4, -0.2) is 13.1 Å². The number of halogens is 3. The first-order valence-corrected chi connectivity index (χ1v) is 7.87. The SMILES string of the molecule is CCCNCC1CCCC1Cc1ccc(C(F)(F)F)cc1. The van der Waals surface area contributed by atoms with Crippen LogP contribution in [0.1, 0.15) is 43.7 Å². The van der Waals surface area contributed by atoms with Crippen LogP contribution >= 0.6 is 0 Å². The summed E-state index contributed by atoms with van der Waals surface area (Å²) in [6, 6.07) is 5.68. The van der Waals surface area contributed by atoms with Gasteiger partial charge in [-0.3, -0.25) is 0 Å².